The summed E-state index contributed by atoms with van der Waals surface area (Å²) in [4.78, 5) is 12.2. The van der Waals surface area contributed by atoms with Gasteiger partial charge in [-0.3, -0.25) is 4.79 Å². The Labute approximate surface area is 127 Å². The Balaban J connectivity index is 2.17. The van der Waals surface area contributed by atoms with Crippen molar-refractivity contribution < 1.29 is 4.79 Å². The summed E-state index contributed by atoms with van der Waals surface area (Å²) in [6.07, 6.45) is 0. The topological polar surface area (TPSA) is 55.1 Å². The highest BCUT2D eigenvalue weighted by Gasteiger charge is 2.14. The average molecular weight is 309 g/mol. The van der Waals surface area contributed by atoms with Crippen molar-refractivity contribution in [2.45, 2.75) is 13.0 Å². The van der Waals surface area contributed by atoms with Gasteiger partial charge in [0.1, 0.15) is 0 Å². The third-order valence-electron chi connectivity index (χ3n) is 2.97. The molecule has 0 aromatic heterocycles. The minimum Gasteiger partial charge on any atom is -0.397 e. The molecular weight excluding hydrogens is 295 g/mol. The third-order valence-corrected chi connectivity index (χ3v) is 3.78. The van der Waals surface area contributed by atoms with Crippen LogP contribution in [0, 0.1) is 0 Å². The van der Waals surface area contributed by atoms with Gasteiger partial charge in [-0.25, -0.2) is 0 Å². The first kappa shape index (κ1) is 14.7. The zero-order valence-corrected chi connectivity index (χ0v) is 12.4. The number of hydrogen-bond donors (Lipinski definition) is 2. The SMILES string of the molecule is CC(NC(=O)c1cc(N)c(Cl)c(Cl)c1)c1ccccc1. The van der Waals surface area contributed by atoms with Crippen LogP contribution in [0.15, 0.2) is 42.5 Å². The maximum Gasteiger partial charge on any atom is 0.251 e. The number of nitrogens with one attached hydrogen (secondary N) is 1. The molecule has 2 aromatic rings. The van der Waals surface area contributed by atoms with E-state index < -0.39 is 0 Å². The predicted octanol–water partition coefficient (Wildman–Crippen LogP) is 4.07. The first-order valence-corrected chi connectivity index (χ1v) is 6.85. The lowest BCUT2D eigenvalue weighted by molar-refractivity contribution is 0.0940. The van der Waals surface area contributed by atoms with Crippen LogP contribution < -0.4 is 11.1 Å². The summed E-state index contributed by atoms with van der Waals surface area (Å²) in [7, 11) is 0. The summed E-state index contributed by atoms with van der Waals surface area (Å²) in [6.45, 7) is 1.91. The number of carbonyl (C=O) groups excluding carboxylic acids is 1. The molecule has 0 heterocycles. The van der Waals surface area contributed by atoms with E-state index in [1.807, 2.05) is 37.3 Å². The average Bonchev–Trinajstić information content (AvgIpc) is 2.45. The van der Waals surface area contributed by atoms with Crippen molar-refractivity contribution in [1.82, 2.24) is 5.32 Å². The van der Waals surface area contributed by atoms with Gasteiger partial charge < -0.3 is 11.1 Å². The second-order valence-corrected chi connectivity index (χ2v) is 5.25. The smallest absolute Gasteiger partial charge is 0.251 e. The van der Waals surface area contributed by atoms with Crippen LogP contribution in [0.5, 0.6) is 0 Å². The fourth-order valence-electron chi connectivity index (χ4n) is 1.85. The van der Waals surface area contributed by atoms with Gasteiger partial charge in [-0.1, -0.05) is 53.5 Å². The number of carbonyl (C=O) groups is 1. The molecule has 3 nitrogen and oxygen atoms in total. The summed E-state index contributed by atoms with van der Waals surface area (Å²) >= 11 is 11.8. The number of benzene rings is 2. The minimum absolute atomic E-state index is 0.112. The van der Waals surface area contributed by atoms with Gasteiger partial charge in [0, 0.05) is 5.56 Å². The summed E-state index contributed by atoms with van der Waals surface area (Å²) in [5, 5.41) is 3.42. The van der Waals surface area contributed by atoms with E-state index in [1.165, 1.54) is 12.1 Å². The zero-order chi connectivity index (χ0) is 14.7. The fourth-order valence-corrected chi connectivity index (χ4v) is 2.18. The number of hydrogen-bond acceptors (Lipinski definition) is 2. The highest BCUT2D eigenvalue weighted by atomic mass is 35.5. The molecule has 0 aliphatic carbocycles. The highest BCUT2D eigenvalue weighted by Crippen LogP contribution is 2.29. The second kappa shape index (κ2) is 6.16. The van der Waals surface area contributed by atoms with Crippen molar-refractivity contribution in [2.75, 3.05) is 5.73 Å². The molecule has 2 aromatic carbocycles. The molecular formula is C15H14Cl2N2O. The van der Waals surface area contributed by atoms with Crippen LogP contribution in [-0.2, 0) is 0 Å². The van der Waals surface area contributed by atoms with Gasteiger partial charge in [-0.15, -0.1) is 0 Å². The monoisotopic (exact) mass is 308 g/mol. The number of halogens is 2. The molecule has 0 fully saturated rings. The molecule has 0 bridgehead atoms. The van der Waals surface area contributed by atoms with Crippen molar-refractivity contribution in [1.29, 1.82) is 0 Å². The lowest BCUT2D eigenvalue weighted by Crippen LogP contribution is -2.26. The first-order chi connectivity index (χ1) is 9.49. The minimum atomic E-state index is -0.244. The Kier molecular flexibility index (Phi) is 4.53. The molecule has 0 aliphatic heterocycles. The molecule has 0 saturated heterocycles. The van der Waals surface area contributed by atoms with Gasteiger partial charge >= 0.3 is 0 Å². The van der Waals surface area contributed by atoms with Crippen LogP contribution >= 0.6 is 23.2 Å². The predicted molar refractivity (Wildman–Crippen MR) is 83.2 cm³/mol. The van der Waals surface area contributed by atoms with E-state index in [1.54, 1.807) is 0 Å². The molecule has 1 amide bonds. The molecule has 20 heavy (non-hydrogen) atoms. The molecule has 1 atom stereocenters. The Hall–Kier alpha value is -1.71. The maximum absolute atomic E-state index is 12.2. The van der Waals surface area contributed by atoms with Crippen LogP contribution in [-0.4, -0.2) is 5.91 Å². The number of rotatable bonds is 3. The molecule has 0 saturated carbocycles. The van der Waals surface area contributed by atoms with Crippen LogP contribution in [0.4, 0.5) is 5.69 Å². The van der Waals surface area contributed by atoms with E-state index in [9.17, 15) is 4.79 Å². The molecule has 2 rings (SSSR count). The quantitative estimate of drug-likeness (QED) is 0.840. The van der Waals surface area contributed by atoms with Crippen molar-refractivity contribution in [2.24, 2.45) is 0 Å². The van der Waals surface area contributed by atoms with E-state index in [0.29, 0.717) is 5.56 Å². The molecule has 0 aliphatic rings. The molecule has 104 valence electrons. The Bertz CT molecular complexity index is 606. The second-order valence-electron chi connectivity index (χ2n) is 4.47. The van der Waals surface area contributed by atoms with Crippen LogP contribution in [0.3, 0.4) is 0 Å². The number of nitrogen functional groups attached to an aromatic ring is 1. The standard InChI is InChI=1S/C15H14Cl2N2O/c1-9(10-5-3-2-4-6-10)19-15(20)11-7-12(16)14(17)13(18)8-11/h2-9H,18H2,1H3,(H,19,20). The van der Waals surface area contributed by atoms with Gasteiger partial charge in [0.2, 0.25) is 0 Å². The summed E-state index contributed by atoms with van der Waals surface area (Å²) in [5.74, 6) is -0.244. The number of amides is 1. The molecule has 3 N–H and O–H groups in total. The lowest BCUT2D eigenvalue weighted by atomic mass is 10.1. The van der Waals surface area contributed by atoms with E-state index in [4.69, 9.17) is 28.9 Å². The molecule has 0 spiro atoms. The largest absolute Gasteiger partial charge is 0.397 e. The van der Waals surface area contributed by atoms with Gasteiger partial charge in [0.05, 0.1) is 21.8 Å². The highest BCUT2D eigenvalue weighted by molar-refractivity contribution is 6.43. The van der Waals surface area contributed by atoms with Gasteiger partial charge in [-0.05, 0) is 24.6 Å². The fraction of sp³-hybridized carbons (Fsp3) is 0.133. The Morgan fingerprint density at radius 2 is 1.85 bits per heavy atom. The molecule has 1 unspecified atom stereocenters. The van der Waals surface area contributed by atoms with Crippen molar-refractivity contribution >= 4 is 34.8 Å². The van der Waals surface area contributed by atoms with E-state index in [0.717, 1.165) is 5.56 Å². The summed E-state index contributed by atoms with van der Waals surface area (Å²) in [6, 6.07) is 12.6. The normalized spacial score (nSPS) is 11.9. The maximum atomic E-state index is 12.2. The van der Waals surface area contributed by atoms with Gasteiger partial charge in [0.15, 0.2) is 0 Å². The van der Waals surface area contributed by atoms with Crippen LogP contribution in [0.2, 0.25) is 10.0 Å². The van der Waals surface area contributed by atoms with Crippen LogP contribution in [0.25, 0.3) is 0 Å². The van der Waals surface area contributed by atoms with Crippen LogP contribution in [0.1, 0.15) is 28.9 Å². The van der Waals surface area contributed by atoms with Crippen molar-refractivity contribution in [3.05, 3.63) is 63.6 Å². The Morgan fingerprint density at radius 1 is 1.20 bits per heavy atom. The van der Waals surface area contributed by atoms with Crippen molar-refractivity contribution in [3.8, 4) is 0 Å². The lowest BCUT2D eigenvalue weighted by Gasteiger charge is -2.15. The van der Waals surface area contributed by atoms with Crippen molar-refractivity contribution in [3.63, 3.8) is 0 Å². The van der Waals surface area contributed by atoms with E-state index in [-0.39, 0.29) is 27.7 Å². The molecule has 5 heteroatoms. The summed E-state index contributed by atoms with van der Waals surface area (Å²) in [5.41, 5.74) is 7.40. The third kappa shape index (κ3) is 3.24. The van der Waals surface area contributed by atoms with E-state index in [2.05, 4.69) is 5.32 Å². The number of anilines is 1. The number of nitrogens with two attached hydrogens (primary N) is 1. The first-order valence-electron chi connectivity index (χ1n) is 6.09. The zero-order valence-electron chi connectivity index (χ0n) is 10.9. The van der Waals surface area contributed by atoms with E-state index >= 15 is 0 Å². The summed E-state index contributed by atoms with van der Waals surface area (Å²) < 4.78 is 0. The van der Waals surface area contributed by atoms with Gasteiger partial charge in [0.25, 0.3) is 5.91 Å². The Morgan fingerprint density at radius 3 is 2.45 bits per heavy atom. The molecule has 0 radical (unpaired) electrons. The van der Waals surface area contributed by atoms with Gasteiger partial charge in [-0.2, -0.15) is 0 Å².